The van der Waals surface area contributed by atoms with Crippen LogP contribution in [0.25, 0.3) is 21.6 Å². The molecular weight excluding hydrogens is 779 g/mol. The number of Topliss-reactive ketones (excluding diaryl/α,β-unsaturated/α-hetero) is 1. The number of sulfonamides is 1. The number of ether oxygens (including phenoxy) is 2. The molecule has 3 fully saturated rings. The van der Waals surface area contributed by atoms with Gasteiger partial charge in [-0.15, -0.1) is 11.3 Å². The van der Waals surface area contributed by atoms with Gasteiger partial charge in [0.15, 0.2) is 5.78 Å². The Bertz CT molecular complexity index is 2210. The smallest absolute Gasteiger partial charge is 0.307 e. The second kappa shape index (κ2) is 16.2. The van der Waals surface area contributed by atoms with Crippen molar-refractivity contribution in [2.45, 2.75) is 148 Å². The Morgan fingerprint density at radius 3 is 2.50 bits per heavy atom. The van der Waals surface area contributed by atoms with E-state index in [4.69, 9.17) is 19.4 Å². The average Bonchev–Trinajstić information content (AvgIpc) is 3.99. The van der Waals surface area contributed by atoms with E-state index in [2.05, 4.69) is 4.72 Å². The lowest BCUT2D eigenvalue weighted by atomic mass is 9.90. The second-order valence-electron chi connectivity index (χ2n) is 18.0. The van der Waals surface area contributed by atoms with E-state index in [0.29, 0.717) is 38.1 Å². The van der Waals surface area contributed by atoms with Crippen molar-refractivity contribution in [3.63, 3.8) is 0 Å². The number of ketones is 1. The number of nitrogens with zero attached hydrogens (tertiary/aromatic N) is 4. The molecule has 1 aromatic carbocycles. The van der Waals surface area contributed by atoms with Crippen molar-refractivity contribution >= 4 is 56.0 Å². The number of carbonyl (C=O) groups is 4. The molecule has 0 unspecified atom stereocenters. The van der Waals surface area contributed by atoms with Gasteiger partial charge < -0.3 is 14.4 Å². The molecule has 4 heterocycles. The van der Waals surface area contributed by atoms with E-state index in [0.717, 1.165) is 51.4 Å². The third kappa shape index (κ3) is 8.90. The number of hydrogen-bond acceptors (Lipinski definition) is 11. The summed E-state index contributed by atoms with van der Waals surface area (Å²) in [5.74, 6) is -2.85. The zero-order chi connectivity index (χ0) is 41.7. The van der Waals surface area contributed by atoms with Crippen molar-refractivity contribution in [2.75, 3.05) is 6.54 Å². The van der Waals surface area contributed by atoms with Crippen LogP contribution < -0.4 is 9.46 Å². The Morgan fingerprint density at radius 1 is 1.07 bits per heavy atom. The van der Waals surface area contributed by atoms with Crippen molar-refractivity contribution in [1.82, 2.24) is 24.2 Å². The van der Waals surface area contributed by atoms with Crippen LogP contribution in [0.4, 0.5) is 0 Å². The molecular formula is C43H57N5O8S2. The number of rotatable bonds is 9. The summed E-state index contributed by atoms with van der Waals surface area (Å²) < 4.78 is 42.6. The Labute approximate surface area is 345 Å². The van der Waals surface area contributed by atoms with Gasteiger partial charge in [0, 0.05) is 35.2 Å². The molecule has 5 atom stereocenters. The molecule has 2 aliphatic heterocycles. The van der Waals surface area contributed by atoms with Gasteiger partial charge in [0.05, 0.1) is 40.9 Å². The Morgan fingerprint density at radius 2 is 1.83 bits per heavy atom. The predicted octanol–water partition coefficient (Wildman–Crippen LogP) is 7.15. The molecule has 15 heteroatoms. The van der Waals surface area contributed by atoms with E-state index >= 15 is 0 Å². The third-order valence-electron chi connectivity index (χ3n) is 11.9. The lowest BCUT2D eigenvalue weighted by Crippen LogP contribution is -2.46. The number of para-hydroxylation sites is 1. The zero-order valence-electron chi connectivity index (χ0n) is 34.7. The molecule has 4 aliphatic rings. The maximum Gasteiger partial charge on any atom is 0.307 e. The molecule has 2 aromatic heterocycles. The summed E-state index contributed by atoms with van der Waals surface area (Å²) in [6, 6.07) is 5.31. The van der Waals surface area contributed by atoms with Gasteiger partial charge in [-0.25, -0.2) is 13.4 Å². The van der Waals surface area contributed by atoms with E-state index in [1.54, 1.807) is 32.1 Å². The van der Waals surface area contributed by atoms with Crippen LogP contribution in [0.15, 0.2) is 30.4 Å². The van der Waals surface area contributed by atoms with Gasteiger partial charge in [-0.05, 0) is 105 Å². The summed E-state index contributed by atoms with van der Waals surface area (Å²) in [7, 11) is -3.85. The fourth-order valence-corrected chi connectivity index (χ4v) is 10.8. The molecule has 0 spiro atoms. The van der Waals surface area contributed by atoms with E-state index in [1.165, 1.54) is 4.90 Å². The fourth-order valence-electron chi connectivity index (χ4n) is 8.49. The van der Waals surface area contributed by atoms with E-state index < -0.39 is 56.2 Å². The highest BCUT2D eigenvalue weighted by atomic mass is 32.2. The fraction of sp³-hybridized carbons (Fsp3) is 0.628. The Hall–Kier alpha value is -4.11. The summed E-state index contributed by atoms with van der Waals surface area (Å²) in [6.45, 7) is 13.5. The number of carbonyl (C=O) groups excluding carboxylic acids is 4. The van der Waals surface area contributed by atoms with Gasteiger partial charge in [0.1, 0.15) is 22.2 Å². The van der Waals surface area contributed by atoms with Crippen molar-refractivity contribution in [2.24, 2.45) is 17.3 Å². The maximum absolute atomic E-state index is 14.7. The average molecular weight is 836 g/mol. The molecule has 3 aromatic rings. The number of allylic oxidation sites excluding steroid dienone is 2. The number of hydrogen-bond donors (Lipinski definition) is 1. The molecule has 1 N–H and O–H groups in total. The summed E-state index contributed by atoms with van der Waals surface area (Å²) in [5.41, 5.74) is 1.47. The van der Waals surface area contributed by atoms with Gasteiger partial charge in [0.2, 0.25) is 21.8 Å². The first kappa shape index (κ1) is 42.0. The second-order valence-corrected chi connectivity index (χ2v) is 21.2. The van der Waals surface area contributed by atoms with Gasteiger partial charge in [0.25, 0.3) is 6.01 Å². The molecule has 2 amide bonds. The zero-order valence-corrected chi connectivity index (χ0v) is 36.3. The highest BCUT2D eigenvalue weighted by Gasteiger charge is 2.61. The summed E-state index contributed by atoms with van der Waals surface area (Å²) in [5, 5.41) is 0.262. The van der Waals surface area contributed by atoms with Crippen LogP contribution in [0.1, 0.15) is 122 Å². The number of aryl methyl sites for hydroxylation is 2. The van der Waals surface area contributed by atoms with Crippen LogP contribution in [0.5, 0.6) is 6.01 Å². The Balaban J connectivity index is 1.22. The van der Waals surface area contributed by atoms with E-state index in [9.17, 15) is 27.6 Å². The number of nitrogens with one attached hydrogen (secondary N) is 1. The molecule has 2 aliphatic carbocycles. The molecule has 314 valence electrons. The first-order valence-corrected chi connectivity index (χ1v) is 23.1. The first-order valence-electron chi connectivity index (χ1n) is 20.8. The molecule has 0 bridgehead atoms. The number of aromatic nitrogens is 3. The highest BCUT2D eigenvalue weighted by Crippen LogP contribution is 2.57. The van der Waals surface area contributed by atoms with Crippen LogP contribution >= 0.6 is 11.3 Å². The van der Waals surface area contributed by atoms with Crippen molar-refractivity contribution in [3.8, 4) is 16.6 Å². The maximum atomic E-state index is 14.7. The Kier molecular flexibility index (Phi) is 11.7. The SMILES string of the molecule is Cc1nc(-c2cccc3c2nc(O[C@@H]2C[C@H]4C(=O)C[C@]5(C(=O)NS(=O)(=O)C6CC6)C[C@H]5/C=C\CCCCC[C@H](CC(=O)OC(C)(C)C)C(=O)N4C2)n3C(C)C)sc1C. The van der Waals surface area contributed by atoms with Crippen molar-refractivity contribution in [3.05, 3.63) is 40.9 Å². The number of benzene rings is 1. The number of esters is 1. The molecule has 1 saturated heterocycles. The van der Waals surface area contributed by atoms with Crippen LogP contribution in [-0.4, -0.2) is 81.0 Å². The van der Waals surface area contributed by atoms with Gasteiger partial charge in [-0.2, -0.15) is 4.98 Å². The summed E-state index contributed by atoms with van der Waals surface area (Å²) in [6.07, 6.45) is 7.98. The minimum Gasteiger partial charge on any atom is -0.460 e. The minimum absolute atomic E-state index is 0.0477. The monoisotopic (exact) mass is 835 g/mol. The van der Waals surface area contributed by atoms with Crippen LogP contribution in [-0.2, 0) is 33.9 Å². The largest absolute Gasteiger partial charge is 0.460 e. The number of thiazole rings is 1. The van der Waals surface area contributed by atoms with Crippen LogP contribution in [0.3, 0.4) is 0 Å². The lowest BCUT2D eigenvalue weighted by molar-refractivity contribution is -0.159. The molecule has 58 heavy (non-hydrogen) atoms. The summed E-state index contributed by atoms with van der Waals surface area (Å²) in [4.78, 5) is 69.0. The van der Waals surface area contributed by atoms with Crippen molar-refractivity contribution < 1.29 is 37.1 Å². The van der Waals surface area contributed by atoms with E-state index in [-0.39, 0.29) is 49.5 Å². The van der Waals surface area contributed by atoms with Crippen molar-refractivity contribution in [1.29, 1.82) is 0 Å². The van der Waals surface area contributed by atoms with Gasteiger partial charge in [-0.1, -0.05) is 31.1 Å². The standard InChI is InChI=1S/C43H57N5O8S2/c1-25(2)48-33-17-13-16-32(38-44-26(3)27(4)57-38)37(33)45-41(48)55-30-21-34-35(49)23-43(40(52)46-58(53,54)31-18-19-31)22-29(43)15-12-10-8-9-11-14-28(39(51)47(34)24-30)20-36(50)56-42(5,6)7/h12-13,15-17,25,28-31,34H,8-11,14,18-24H2,1-7H3,(H,46,52)/b15-12-/t28-,29-,30-,34+,43-/m1/s1. The first-order chi connectivity index (χ1) is 27.4. The quantitative estimate of drug-likeness (QED) is 0.173. The number of imidazole rings is 1. The summed E-state index contributed by atoms with van der Waals surface area (Å²) >= 11 is 1.60. The molecule has 0 radical (unpaired) electrons. The van der Waals surface area contributed by atoms with Crippen LogP contribution in [0, 0.1) is 31.1 Å². The third-order valence-corrected chi connectivity index (χ3v) is 14.8. The molecule has 7 rings (SSSR count). The van der Waals surface area contributed by atoms with Gasteiger partial charge in [-0.3, -0.25) is 28.5 Å². The molecule has 13 nitrogen and oxygen atoms in total. The number of amides is 2. The number of fused-ring (bicyclic) bond motifs is 3. The normalized spacial score (nSPS) is 26.4. The predicted molar refractivity (Wildman–Crippen MR) is 222 cm³/mol. The van der Waals surface area contributed by atoms with Gasteiger partial charge >= 0.3 is 5.97 Å². The lowest BCUT2D eigenvalue weighted by Gasteiger charge is -2.29. The van der Waals surface area contributed by atoms with Crippen LogP contribution in [0.2, 0.25) is 0 Å². The topological polar surface area (TPSA) is 167 Å². The van der Waals surface area contributed by atoms with E-state index in [1.807, 2.05) is 62.6 Å². The minimum atomic E-state index is -3.85. The molecule has 2 saturated carbocycles. The highest BCUT2D eigenvalue weighted by molar-refractivity contribution is 7.90.